The number of aryl methyl sites for hydroxylation is 1. The summed E-state index contributed by atoms with van der Waals surface area (Å²) >= 11 is 0. The highest BCUT2D eigenvalue weighted by atomic mass is 16.1. The average Bonchev–Trinajstić information content (AvgIpc) is 2.72. The number of hydrogen-bond donors (Lipinski definition) is 1. The molecule has 0 aliphatic rings. The van der Waals surface area contributed by atoms with Crippen LogP contribution in [0.5, 0.6) is 0 Å². The summed E-state index contributed by atoms with van der Waals surface area (Å²) in [5.74, 6) is -0.106. The molecule has 0 aromatic heterocycles. The number of carbonyl (C=O) groups is 1. The number of amides is 1. The van der Waals surface area contributed by atoms with E-state index in [1.807, 2.05) is 12.1 Å². The van der Waals surface area contributed by atoms with Gasteiger partial charge in [0.1, 0.15) is 0 Å². The molecule has 27 heavy (non-hydrogen) atoms. The number of rotatable bonds is 3. The molecule has 0 saturated carbocycles. The Hall–Kier alpha value is -3.39. The summed E-state index contributed by atoms with van der Waals surface area (Å²) in [5.41, 5.74) is 4.23. The van der Waals surface area contributed by atoms with Gasteiger partial charge in [0.25, 0.3) is 0 Å². The molecule has 0 radical (unpaired) electrons. The Morgan fingerprint density at radius 2 is 1.41 bits per heavy atom. The zero-order valence-corrected chi connectivity index (χ0v) is 15.5. The van der Waals surface area contributed by atoms with Crippen molar-refractivity contribution < 1.29 is 4.79 Å². The third-order valence-electron chi connectivity index (χ3n) is 5.02. The van der Waals surface area contributed by atoms with E-state index in [9.17, 15) is 4.79 Å². The van der Waals surface area contributed by atoms with Crippen LogP contribution in [0.1, 0.15) is 16.7 Å². The molecule has 0 unspecified atom stereocenters. The molecule has 132 valence electrons. The van der Waals surface area contributed by atoms with Crippen molar-refractivity contribution in [3.05, 3.63) is 102 Å². The maximum Gasteiger partial charge on any atom is 0.244 e. The first-order valence-corrected chi connectivity index (χ1v) is 9.09. The quantitative estimate of drug-likeness (QED) is 0.384. The highest BCUT2D eigenvalue weighted by molar-refractivity contribution is 6.14. The van der Waals surface area contributed by atoms with Crippen molar-refractivity contribution in [1.82, 2.24) is 5.32 Å². The minimum absolute atomic E-state index is 0.106. The fraction of sp³-hybridized carbons (Fsp3) is 0.0800. The van der Waals surface area contributed by atoms with Crippen LogP contribution in [0.15, 0.2) is 84.9 Å². The summed E-state index contributed by atoms with van der Waals surface area (Å²) in [5, 5.41) is 7.46. The van der Waals surface area contributed by atoms with Crippen LogP contribution >= 0.6 is 0 Å². The van der Waals surface area contributed by atoms with Gasteiger partial charge >= 0.3 is 0 Å². The molecule has 2 nitrogen and oxygen atoms in total. The molecule has 4 rings (SSSR count). The van der Waals surface area contributed by atoms with Gasteiger partial charge < -0.3 is 5.32 Å². The fourth-order valence-corrected chi connectivity index (χ4v) is 3.66. The van der Waals surface area contributed by atoms with Crippen molar-refractivity contribution in [2.75, 3.05) is 7.05 Å². The van der Waals surface area contributed by atoms with E-state index in [2.05, 4.69) is 79.0 Å². The van der Waals surface area contributed by atoms with Crippen molar-refractivity contribution in [2.24, 2.45) is 0 Å². The number of benzene rings is 4. The Morgan fingerprint density at radius 1 is 0.778 bits per heavy atom. The van der Waals surface area contributed by atoms with Crippen molar-refractivity contribution in [3.8, 4) is 0 Å². The van der Waals surface area contributed by atoms with Gasteiger partial charge in [0.2, 0.25) is 5.91 Å². The maximum atomic E-state index is 12.3. The lowest BCUT2D eigenvalue weighted by atomic mass is 9.88. The van der Waals surface area contributed by atoms with Crippen LogP contribution in [0.25, 0.3) is 27.1 Å². The predicted molar refractivity (Wildman–Crippen MR) is 114 cm³/mol. The van der Waals surface area contributed by atoms with E-state index < -0.39 is 0 Å². The molecule has 0 atom stereocenters. The van der Waals surface area contributed by atoms with E-state index in [1.54, 1.807) is 13.1 Å². The molecule has 0 saturated heterocycles. The summed E-state index contributed by atoms with van der Waals surface area (Å²) in [6.45, 7) is 2.08. The third-order valence-corrected chi connectivity index (χ3v) is 5.02. The van der Waals surface area contributed by atoms with E-state index in [-0.39, 0.29) is 5.91 Å². The Bertz CT molecular complexity index is 1190. The number of likely N-dealkylation sites (N-methyl/N-ethyl adjacent to an activating group) is 1. The van der Waals surface area contributed by atoms with Crippen LogP contribution < -0.4 is 5.32 Å². The second-order valence-corrected chi connectivity index (χ2v) is 6.68. The van der Waals surface area contributed by atoms with Crippen molar-refractivity contribution in [3.63, 3.8) is 0 Å². The van der Waals surface area contributed by atoms with E-state index in [0.717, 1.165) is 27.6 Å². The normalized spacial score (nSPS) is 11.7. The van der Waals surface area contributed by atoms with E-state index in [0.29, 0.717) is 0 Å². The predicted octanol–water partition coefficient (Wildman–Crippen LogP) is 5.48. The molecule has 0 spiro atoms. The van der Waals surface area contributed by atoms with E-state index in [1.165, 1.54) is 16.2 Å². The third kappa shape index (κ3) is 3.11. The molecule has 4 aromatic carbocycles. The number of hydrogen-bond acceptors (Lipinski definition) is 1. The van der Waals surface area contributed by atoms with Crippen molar-refractivity contribution >= 4 is 33.0 Å². The number of fused-ring (bicyclic) bond motifs is 3. The van der Waals surface area contributed by atoms with Crippen LogP contribution in [-0.2, 0) is 4.79 Å². The Morgan fingerprint density at radius 3 is 2.15 bits per heavy atom. The zero-order chi connectivity index (χ0) is 18.8. The van der Waals surface area contributed by atoms with Crippen molar-refractivity contribution in [1.29, 1.82) is 0 Å². The highest BCUT2D eigenvalue weighted by Crippen LogP contribution is 2.36. The van der Waals surface area contributed by atoms with Gasteiger partial charge in [0.15, 0.2) is 0 Å². The first-order valence-electron chi connectivity index (χ1n) is 9.09. The first-order chi connectivity index (χ1) is 13.2. The van der Waals surface area contributed by atoms with E-state index >= 15 is 0 Å². The molecule has 1 amide bonds. The molecule has 0 aliphatic heterocycles. The second-order valence-electron chi connectivity index (χ2n) is 6.68. The van der Waals surface area contributed by atoms with Gasteiger partial charge in [-0.1, -0.05) is 72.8 Å². The van der Waals surface area contributed by atoms with Crippen molar-refractivity contribution in [2.45, 2.75) is 6.92 Å². The molecule has 0 fully saturated rings. The SMILES string of the molecule is CNC(=O)/C=C(/c1ccccc1C)c1cc2ccccc2c2ccccc12. The van der Waals surface area contributed by atoms with Gasteiger partial charge in [-0.2, -0.15) is 0 Å². The summed E-state index contributed by atoms with van der Waals surface area (Å²) < 4.78 is 0. The van der Waals surface area contributed by atoms with Crippen LogP contribution in [0.4, 0.5) is 0 Å². The first kappa shape index (κ1) is 17.0. The number of carbonyl (C=O) groups excluding carboxylic acids is 1. The summed E-state index contributed by atoms with van der Waals surface area (Å²) in [7, 11) is 1.66. The molecule has 0 heterocycles. The molecule has 0 aliphatic carbocycles. The summed E-state index contributed by atoms with van der Waals surface area (Å²) in [4.78, 5) is 12.3. The fourth-order valence-electron chi connectivity index (χ4n) is 3.66. The summed E-state index contributed by atoms with van der Waals surface area (Å²) in [6, 6.07) is 27.2. The van der Waals surface area contributed by atoms with Crippen LogP contribution in [0.2, 0.25) is 0 Å². The smallest absolute Gasteiger partial charge is 0.244 e. The zero-order valence-electron chi connectivity index (χ0n) is 15.5. The topological polar surface area (TPSA) is 29.1 Å². The second kappa shape index (κ2) is 7.08. The summed E-state index contributed by atoms with van der Waals surface area (Å²) in [6.07, 6.45) is 1.71. The van der Waals surface area contributed by atoms with Gasteiger partial charge in [-0.15, -0.1) is 0 Å². The molecule has 4 aromatic rings. The minimum atomic E-state index is -0.106. The van der Waals surface area contributed by atoms with Gasteiger partial charge in [-0.3, -0.25) is 4.79 Å². The maximum absolute atomic E-state index is 12.3. The largest absolute Gasteiger partial charge is 0.356 e. The van der Waals surface area contributed by atoms with Crippen LogP contribution in [-0.4, -0.2) is 13.0 Å². The Balaban J connectivity index is 2.11. The monoisotopic (exact) mass is 351 g/mol. The standard InChI is InChI=1S/C25H21NO/c1-17-9-3-5-11-19(17)24(16-25(27)26-2)23-15-18-10-4-6-12-20(18)21-13-7-8-14-22(21)23/h3-16H,1-2H3,(H,26,27)/b24-16-. The van der Waals surface area contributed by atoms with Gasteiger partial charge in [0, 0.05) is 13.1 Å². The van der Waals surface area contributed by atoms with Gasteiger partial charge in [-0.25, -0.2) is 0 Å². The van der Waals surface area contributed by atoms with Crippen LogP contribution in [0, 0.1) is 6.92 Å². The van der Waals surface area contributed by atoms with Gasteiger partial charge in [0.05, 0.1) is 0 Å². The van der Waals surface area contributed by atoms with E-state index in [4.69, 9.17) is 0 Å². The molecular formula is C25H21NO. The Labute approximate surface area is 159 Å². The van der Waals surface area contributed by atoms with Gasteiger partial charge in [-0.05, 0) is 56.8 Å². The Kier molecular flexibility index (Phi) is 4.47. The van der Waals surface area contributed by atoms with Crippen LogP contribution in [0.3, 0.4) is 0 Å². The number of nitrogens with one attached hydrogen (secondary N) is 1. The highest BCUT2D eigenvalue weighted by Gasteiger charge is 2.14. The lowest BCUT2D eigenvalue weighted by Crippen LogP contribution is -2.15. The lowest BCUT2D eigenvalue weighted by Gasteiger charge is -2.16. The molecule has 0 bridgehead atoms. The lowest BCUT2D eigenvalue weighted by molar-refractivity contribution is -0.116. The molecule has 1 N–H and O–H groups in total. The average molecular weight is 351 g/mol. The minimum Gasteiger partial charge on any atom is -0.356 e. The molecule has 2 heteroatoms. The molecular weight excluding hydrogens is 330 g/mol.